The molecule has 0 aromatic heterocycles. The molecule has 1 aliphatic heterocycles. The quantitative estimate of drug-likeness (QED) is 0.658. The van der Waals surface area contributed by atoms with E-state index in [-0.39, 0.29) is 18.4 Å². The number of carbonyl (C=O) groups excluding carboxylic acids is 1. The highest BCUT2D eigenvalue weighted by atomic mass is 32.2. The Labute approximate surface area is 112 Å². The molecule has 0 aromatic carbocycles. The summed E-state index contributed by atoms with van der Waals surface area (Å²) in [5.41, 5.74) is 0. The number of rotatable bonds is 7. The van der Waals surface area contributed by atoms with Crippen molar-refractivity contribution in [2.45, 2.75) is 26.2 Å². The summed E-state index contributed by atoms with van der Waals surface area (Å²) in [6, 6.07) is -0.185. The van der Waals surface area contributed by atoms with Crippen LogP contribution in [0.25, 0.3) is 0 Å². The number of urea groups is 1. The van der Waals surface area contributed by atoms with E-state index in [0.29, 0.717) is 19.0 Å². The molecule has 1 saturated heterocycles. The van der Waals surface area contributed by atoms with Gasteiger partial charge in [0.15, 0.2) is 0 Å². The molecule has 2 amide bonds. The molecule has 0 aromatic rings. The van der Waals surface area contributed by atoms with E-state index in [9.17, 15) is 9.59 Å². The van der Waals surface area contributed by atoms with Crippen molar-refractivity contribution in [3.05, 3.63) is 0 Å². The van der Waals surface area contributed by atoms with Crippen molar-refractivity contribution in [1.82, 2.24) is 10.6 Å². The Hall–Kier alpha value is -0.910. The Bertz CT molecular complexity index is 280. The molecule has 1 rings (SSSR count). The molecule has 0 saturated carbocycles. The van der Waals surface area contributed by atoms with Gasteiger partial charge < -0.3 is 15.7 Å². The first-order valence-corrected chi connectivity index (χ1v) is 7.58. The Balaban J connectivity index is 2.12. The normalized spacial score (nSPS) is 20.4. The molecular formula is C12H22N2O3S. The lowest BCUT2D eigenvalue weighted by Gasteiger charge is -2.15. The van der Waals surface area contributed by atoms with Gasteiger partial charge in [0.1, 0.15) is 0 Å². The van der Waals surface area contributed by atoms with Crippen molar-refractivity contribution >= 4 is 23.8 Å². The van der Waals surface area contributed by atoms with Crippen LogP contribution in [0.4, 0.5) is 4.79 Å². The van der Waals surface area contributed by atoms with Crippen molar-refractivity contribution in [1.29, 1.82) is 0 Å². The summed E-state index contributed by atoms with van der Waals surface area (Å²) in [5, 5.41) is 14.3. The molecule has 0 bridgehead atoms. The summed E-state index contributed by atoms with van der Waals surface area (Å²) in [6.07, 6.45) is 2.03. The summed E-state index contributed by atoms with van der Waals surface area (Å²) in [5.74, 6) is 2.09. The summed E-state index contributed by atoms with van der Waals surface area (Å²) in [4.78, 5) is 22.1. The zero-order chi connectivity index (χ0) is 13.4. The second kappa shape index (κ2) is 8.24. The second-order valence-electron chi connectivity index (χ2n) is 4.69. The molecule has 104 valence electrons. The first-order chi connectivity index (χ1) is 8.61. The number of thioether (sulfide) groups is 1. The minimum atomic E-state index is -0.813. The molecule has 1 aliphatic rings. The van der Waals surface area contributed by atoms with E-state index < -0.39 is 5.97 Å². The lowest BCUT2D eigenvalue weighted by atomic mass is 10.0. The van der Waals surface area contributed by atoms with E-state index in [1.807, 2.05) is 18.7 Å². The third-order valence-corrected chi connectivity index (χ3v) is 4.40. The first kappa shape index (κ1) is 15.1. The highest BCUT2D eigenvalue weighted by molar-refractivity contribution is 7.99. The number of hydrogen-bond donors (Lipinski definition) is 3. The van der Waals surface area contributed by atoms with Crippen LogP contribution in [0.2, 0.25) is 0 Å². The molecule has 1 fully saturated rings. The molecule has 0 radical (unpaired) electrons. The minimum absolute atomic E-state index is 0.00952. The van der Waals surface area contributed by atoms with Crippen LogP contribution in [-0.4, -0.2) is 41.7 Å². The number of aliphatic carboxylic acids is 1. The topological polar surface area (TPSA) is 78.4 Å². The third kappa shape index (κ3) is 6.14. The van der Waals surface area contributed by atoms with Crippen molar-refractivity contribution in [3.8, 4) is 0 Å². The van der Waals surface area contributed by atoms with Gasteiger partial charge in [-0.05, 0) is 29.8 Å². The predicted molar refractivity (Wildman–Crippen MR) is 72.9 cm³/mol. The summed E-state index contributed by atoms with van der Waals surface area (Å²) in [7, 11) is 0. The number of nitrogens with one attached hydrogen (secondary N) is 2. The highest BCUT2D eigenvalue weighted by Crippen LogP contribution is 2.22. The number of hydrogen-bond acceptors (Lipinski definition) is 3. The maximum atomic E-state index is 11.5. The lowest BCUT2D eigenvalue weighted by Crippen LogP contribution is -2.40. The van der Waals surface area contributed by atoms with Gasteiger partial charge in [0.05, 0.1) is 0 Å². The van der Waals surface area contributed by atoms with Crippen LogP contribution in [0, 0.1) is 11.8 Å². The van der Waals surface area contributed by atoms with E-state index in [1.54, 1.807) is 0 Å². The number of amides is 2. The highest BCUT2D eigenvalue weighted by Gasteiger charge is 2.16. The molecule has 0 aliphatic carbocycles. The van der Waals surface area contributed by atoms with E-state index in [0.717, 1.165) is 12.2 Å². The van der Waals surface area contributed by atoms with Gasteiger partial charge in [-0.3, -0.25) is 4.79 Å². The Morgan fingerprint density at radius 3 is 2.78 bits per heavy atom. The molecule has 18 heavy (non-hydrogen) atoms. The van der Waals surface area contributed by atoms with E-state index in [1.165, 1.54) is 12.2 Å². The predicted octanol–water partition coefficient (Wildman–Crippen LogP) is 1.54. The lowest BCUT2D eigenvalue weighted by molar-refractivity contribution is -0.138. The molecule has 1 heterocycles. The average Bonchev–Trinajstić information content (AvgIpc) is 2.84. The second-order valence-corrected chi connectivity index (χ2v) is 5.84. The van der Waals surface area contributed by atoms with Gasteiger partial charge in [-0.1, -0.05) is 13.3 Å². The molecule has 2 atom stereocenters. The van der Waals surface area contributed by atoms with Crippen LogP contribution in [0.5, 0.6) is 0 Å². The van der Waals surface area contributed by atoms with E-state index in [4.69, 9.17) is 5.11 Å². The maximum absolute atomic E-state index is 11.5. The number of carbonyl (C=O) groups is 2. The van der Waals surface area contributed by atoms with Crippen molar-refractivity contribution < 1.29 is 14.7 Å². The van der Waals surface area contributed by atoms with Gasteiger partial charge in [-0.25, -0.2) is 4.79 Å². The van der Waals surface area contributed by atoms with Crippen LogP contribution < -0.4 is 10.6 Å². The number of carboxylic acid groups (broad SMARTS) is 1. The molecule has 6 heteroatoms. The largest absolute Gasteiger partial charge is 0.481 e. The van der Waals surface area contributed by atoms with Gasteiger partial charge in [0.25, 0.3) is 0 Å². The summed E-state index contributed by atoms with van der Waals surface area (Å²) >= 11 is 1.93. The Morgan fingerprint density at radius 1 is 1.44 bits per heavy atom. The maximum Gasteiger partial charge on any atom is 0.314 e. The zero-order valence-electron chi connectivity index (χ0n) is 10.8. The van der Waals surface area contributed by atoms with E-state index in [2.05, 4.69) is 10.6 Å². The standard InChI is InChI=1S/C12H22N2O3S/c1-2-9(5-11(15)16)6-13-12(17)14-7-10-3-4-18-8-10/h9-10H,2-8H2,1H3,(H,15,16)(H2,13,14,17). The van der Waals surface area contributed by atoms with Gasteiger partial charge in [0.2, 0.25) is 0 Å². The summed E-state index contributed by atoms with van der Waals surface area (Å²) in [6.45, 7) is 3.07. The fraction of sp³-hybridized carbons (Fsp3) is 0.833. The van der Waals surface area contributed by atoms with Crippen LogP contribution in [0.1, 0.15) is 26.2 Å². The van der Waals surface area contributed by atoms with Gasteiger partial charge in [-0.15, -0.1) is 0 Å². The van der Waals surface area contributed by atoms with Crippen molar-refractivity contribution in [2.24, 2.45) is 11.8 Å². The first-order valence-electron chi connectivity index (χ1n) is 6.43. The average molecular weight is 274 g/mol. The van der Waals surface area contributed by atoms with E-state index >= 15 is 0 Å². The van der Waals surface area contributed by atoms with Crippen LogP contribution >= 0.6 is 11.8 Å². The molecular weight excluding hydrogens is 252 g/mol. The zero-order valence-corrected chi connectivity index (χ0v) is 11.6. The molecule has 2 unspecified atom stereocenters. The molecule has 5 nitrogen and oxygen atoms in total. The summed E-state index contributed by atoms with van der Waals surface area (Å²) < 4.78 is 0. The van der Waals surface area contributed by atoms with Crippen molar-refractivity contribution in [2.75, 3.05) is 24.6 Å². The van der Waals surface area contributed by atoms with Crippen LogP contribution in [0.15, 0.2) is 0 Å². The van der Waals surface area contributed by atoms with Gasteiger partial charge >= 0.3 is 12.0 Å². The Kier molecular flexibility index (Phi) is 6.93. The number of carboxylic acids is 1. The van der Waals surface area contributed by atoms with Gasteiger partial charge in [0, 0.05) is 19.5 Å². The Morgan fingerprint density at radius 2 is 2.22 bits per heavy atom. The fourth-order valence-electron chi connectivity index (χ4n) is 1.89. The van der Waals surface area contributed by atoms with Crippen LogP contribution in [-0.2, 0) is 4.79 Å². The van der Waals surface area contributed by atoms with Gasteiger partial charge in [-0.2, -0.15) is 11.8 Å². The fourth-order valence-corrected chi connectivity index (χ4v) is 3.17. The SMILES string of the molecule is CCC(CNC(=O)NCC1CCSC1)CC(=O)O. The van der Waals surface area contributed by atoms with Crippen LogP contribution in [0.3, 0.4) is 0 Å². The monoisotopic (exact) mass is 274 g/mol. The smallest absolute Gasteiger partial charge is 0.314 e. The minimum Gasteiger partial charge on any atom is -0.481 e. The molecule has 0 spiro atoms. The van der Waals surface area contributed by atoms with Crippen molar-refractivity contribution in [3.63, 3.8) is 0 Å². The molecule has 3 N–H and O–H groups in total. The third-order valence-electron chi connectivity index (χ3n) is 3.17.